The molecule has 0 aliphatic carbocycles. The van der Waals surface area contributed by atoms with Gasteiger partial charge in [-0.05, 0) is 25.0 Å². The molecule has 0 aliphatic heterocycles. The van der Waals surface area contributed by atoms with Gasteiger partial charge in [-0.3, -0.25) is 10.1 Å². The zero-order valence-corrected chi connectivity index (χ0v) is 11.9. The largest absolute Gasteiger partial charge is 0.505 e. The van der Waals surface area contributed by atoms with Gasteiger partial charge in [0.1, 0.15) is 0 Å². The number of nitro groups is 1. The lowest BCUT2D eigenvalue weighted by Gasteiger charge is -2.26. The first-order valence-electron chi connectivity index (χ1n) is 6.28. The highest BCUT2D eigenvalue weighted by atomic mass is 16.6. The monoisotopic (exact) mass is 263 g/mol. The van der Waals surface area contributed by atoms with Crippen LogP contribution in [0.5, 0.6) is 0 Å². The maximum atomic E-state index is 11.3. The van der Waals surface area contributed by atoms with Crippen LogP contribution in [-0.2, 0) is 4.74 Å². The maximum absolute atomic E-state index is 11.3. The molecule has 1 unspecified atom stereocenters. The summed E-state index contributed by atoms with van der Waals surface area (Å²) in [4.78, 5) is 11.1. The van der Waals surface area contributed by atoms with Crippen LogP contribution < -0.4 is 0 Å². The first-order valence-corrected chi connectivity index (χ1v) is 6.28. The number of aryl methyl sites for hydroxylation is 1. The predicted molar refractivity (Wildman–Crippen MR) is 75.8 cm³/mol. The van der Waals surface area contributed by atoms with Crippen molar-refractivity contribution in [2.24, 2.45) is 0 Å². The van der Waals surface area contributed by atoms with Gasteiger partial charge in [0.15, 0.2) is 0 Å². The second kappa shape index (κ2) is 6.36. The Hall–Kier alpha value is -1.84. The Bertz CT molecular complexity index is 449. The van der Waals surface area contributed by atoms with Crippen molar-refractivity contribution in [2.75, 3.05) is 7.11 Å². The Kier molecular flexibility index (Phi) is 5.10. The third kappa shape index (κ3) is 3.81. The summed E-state index contributed by atoms with van der Waals surface area (Å²) in [6.07, 6.45) is 3.97. The quantitative estimate of drug-likeness (QED) is 0.447. The molecular formula is C15H21NO3. The first kappa shape index (κ1) is 15.2. The summed E-state index contributed by atoms with van der Waals surface area (Å²) >= 11 is 0. The minimum Gasteiger partial charge on any atom is -0.505 e. The van der Waals surface area contributed by atoms with Gasteiger partial charge in [0, 0.05) is 18.8 Å². The molecular weight excluding hydrogens is 242 g/mol. The Balaban J connectivity index is 3.08. The molecule has 0 heterocycles. The molecule has 0 amide bonds. The SMILES string of the molecule is CO/C=C/CC(c1ccc(C)cc1)C(C)(C)[N+](=O)[O-]. The van der Waals surface area contributed by atoms with Crippen LogP contribution in [0.2, 0.25) is 0 Å². The standard InChI is InChI=1S/C15H21NO3/c1-12-7-9-13(10-8-12)14(6-5-11-19-4)15(2,3)16(17)18/h5,7-11,14H,6H2,1-4H3/b11-5+. The summed E-state index contributed by atoms with van der Waals surface area (Å²) in [6.45, 7) is 5.33. The molecule has 0 saturated heterocycles. The van der Waals surface area contributed by atoms with Crippen LogP contribution in [0.1, 0.15) is 37.3 Å². The fourth-order valence-electron chi connectivity index (χ4n) is 2.05. The maximum Gasteiger partial charge on any atom is 0.223 e. The van der Waals surface area contributed by atoms with Crippen LogP contribution in [0.15, 0.2) is 36.6 Å². The van der Waals surface area contributed by atoms with Gasteiger partial charge in [-0.15, -0.1) is 0 Å². The summed E-state index contributed by atoms with van der Waals surface area (Å²) in [5.41, 5.74) is 1.11. The van der Waals surface area contributed by atoms with E-state index in [-0.39, 0.29) is 10.8 Å². The molecule has 4 nitrogen and oxygen atoms in total. The molecule has 4 heteroatoms. The van der Waals surface area contributed by atoms with E-state index in [0.717, 1.165) is 11.1 Å². The van der Waals surface area contributed by atoms with Gasteiger partial charge in [0.05, 0.1) is 19.3 Å². The van der Waals surface area contributed by atoms with Crippen molar-refractivity contribution in [1.29, 1.82) is 0 Å². The number of allylic oxidation sites excluding steroid dienone is 1. The second-order valence-electron chi connectivity index (χ2n) is 5.22. The van der Waals surface area contributed by atoms with Crippen LogP contribution in [0, 0.1) is 17.0 Å². The number of nitrogens with zero attached hydrogens (tertiary/aromatic N) is 1. The van der Waals surface area contributed by atoms with Crippen molar-refractivity contribution >= 4 is 0 Å². The number of ether oxygens (including phenoxy) is 1. The highest BCUT2D eigenvalue weighted by Gasteiger charge is 2.40. The lowest BCUT2D eigenvalue weighted by atomic mass is 9.80. The minimum absolute atomic E-state index is 0.186. The van der Waals surface area contributed by atoms with E-state index in [0.29, 0.717) is 6.42 Å². The summed E-state index contributed by atoms with van der Waals surface area (Å²) < 4.78 is 4.87. The number of hydrogen-bond donors (Lipinski definition) is 0. The molecule has 19 heavy (non-hydrogen) atoms. The predicted octanol–water partition coefficient (Wildman–Crippen LogP) is 3.68. The van der Waals surface area contributed by atoms with E-state index < -0.39 is 5.54 Å². The third-order valence-electron chi connectivity index (χ3n) is 3.41. The fourth-order valence-corrected chi connectivity index (χ4v) is 2.05. The average Bonchev–Trinajstić information content (AvgIpc) is 2.36. The Morgan fingerprint density at radius 3 is 2.42 bits per heavy atom. The first-order chi connectivity index (χ1) is 8.89. The van der Waals surface area contributed by atoms with Gasteiger partial charge in [-0.1, -0.05) is 29.8 Å². The summed E-state index contributed by atoms with van der Waals surface area (Å²) in [7, 11) is 1.57. The van der Waals surface area contributed by atoms with Gasteiger partial charge in [-0.2, -0.15) is 0 Å². The van der Waals surface area contributed by atoms with Crippen molar-refractivity contribution in [3.63, 3.8) is 0 Å². The van der Waals surface area contributed by atoms with Gasteiger partial charge in [-0.25, -0.2) is 0 Å². The van der Waals surface area contributed by atoms with Crippen LogP contribution >= 0.6 is 0 Å². The number of rotatable bonds is 6. The van der Waals surface area contributed by atoms with Crippen LogP contribution in [0.25, 0.3) is 0 Å². The lowest BCUT2D eigenvalue weighted by molar-refractivity contribution is -0.565. The van der Waals surface area contributed by atoms with Crippen molar-refractivity contribution in [1.82, 2.24) is 0 Å². The molecule has 0 bridgehead atoms. The molecule has 0 saturated carbocycles. The van der Waals surface area contributed by atoms with Crippen LogP contribution in [0.4, 0.5) is 0 Å². The fraction of sp³-hybridized carbons (Fsp3) is 0.467. The lowest BCUT2D eigenvalue weighted by Crippen LogP contribution is -2.38. The van der Waals surface area contributed by atoms with Crippen molar-refractivity contribution < 1.29 is 9.66 Å². The highest BCUT2D eigenvalue weighted by Crippen LogP contribution is 2.34. The molecule has 104 valence electrons. The summed E-state index contributed by atoms with van der Waals surface area (Å²) in [5, 5.41) is 11.3. The van der Waals surface area contributed by atoms with E-state index in [9.17, 15) is 10.1 Å². The molecule has 0 spiro atoms. The average molecular weight is 263 g/mol. The Labute approximate surface area is 114 Å². The topological polar surface area (TPSA) is 52.4 Å². The number of hydrogen-bond acceptors (Lipinski definition) is 3. The zero-order valence-electron chi connectivity index (χ0n) is 11.9. The molecule has 0 aliphatic rings. The minimum atomic E-state index is -1.02. The highest BCUT2D eigenvalue weighted by molar-refractivity contribution is 5.27. The smallest absolute Gasteiger partial charge is 0.223 e. The van der Waals surface area contributed by atoms with E-state index in [2.05, 4.69) is 0 Å². The molecule has 1 aromatic rings. The summed E-state index contributed by atoms with van der Waals surface area (Å²) in [5.74, 6) is -0.186. The molecule has 1 rings (SSSR count). The zero-order chi connectivity index (χ0) is 14.5. The van der Waals surface area contributed by atoms with E-state index >= 15 is 0 Å². The van der Waals surface area contributed by atoms with Crippen molar-refractivity contribution in [2.45, 2.75) is 38.6 Å². The molecule has 0 aromatic heterocycles. The number of benzene rings is 1. The van der Waals surface area contributed by atoms with Crippen molar-refractivity contribution in [3.8, 4) is 0 Å². The van der Waals surface area contributed by atoms with E-state index in [4.69, 9.17) is 4.74 Å². The molecule has 0 N–H and O–H groups in total. The van der Waals surface area contributed by atoms with Gasteiger partial charge < -0.3 is 4.74 Å². The normalized spacial score (nSPS) is 13.5. The van der Waals surface area contributed by atoms with E-state index in [1.54, 1.807) is 27.2 Å². The Morgan fingerprint density at radius 1 is 1.37 bits per heavy atom. The van der Waals surface area contributed by atoms with E-state index in [1.165, 1.54) is 0 Å². The van der Waals surface area contributed by atoms with Gasteiger partial charge in [0.25, 0.3) is 0 Å². The van der Waals surface area contributed by atoms with Crippen LogP contribution in [0.3, 0.4) is 0 Å². The van der Waals surface area contributed by atoms with E-state index in [1.807, 2.05) is 37.3 Å². The molecule has 1 aromatic carbocycles. The molecule has 0 fully saturated rings. The van der Waals surface area contributed by atoms with Crippen molar-refractivity contribution in [3.05, 3.63) is 57.8 Å². The molecule has 0 radical (unpaired) electrons. The van der Waals surface area contributed by atoms with Gasteiger partial charge in [0.2, 0.25) is 5.54 Å². The van der Waals surface area contributed by atoms with Gasteiger partial charge >= 0.3 is 0 Å². The number of methoxy groups -OCH3 is 1. The van der Waals surface area contributed by atoms with Crippen LogP contribution in [-0.4, -0.2) is 17.6 Å². The summed E-state index contributed by atoms with van der Waals surface area (Å²) in [6, 6.07) is 7.90. The molecule has 1 atom stereocenters. The second-order valence-corrected chi connectivity index (χ2v) is 5.22. The third-order valence-corrected chi connectivity index (χ3v) is 3.41. The Morgan fingerprint density at radius 2 is 1.95 bits per heavy atom.